The molecule has 18 heavy (non-hydrogen) atoms. The molecule has 0 amide bonds. The summed E-state index contributed by atoms with van der Waals surface area (Å²) in [6.45, 7) is 11.6. The first kappa shape index (κ1) is 13.6. The van der Waals surface area contributed by atoms with E-state index in [-0.39, 0.29) is 11.5 Å². The van der Waals surface area contributed by atoms with Gasteiger partial charge in [-0.15, -0.1) is 0 Å². The third-order valence-electron chi connectivity index (χ3n) is 4.74. The lowest BCUT2D eigenvalue weighted by atomic mass is 9.63. The molecule has 1 aliphatic rings. The molecule has 1 heteroatoms. The van der Waals surface area contributed by atoms with Gasteiger partial charge in [0.1, 0.15) is 0 Å². The lowest BCUT2D eigenvalue weighted by Crippen LogP contribution is -2.34. The summed E-state index contributed by atoms with van der Waals surface area (Å²) in [6.07, 6.45) is 3.53. The quantitative estimate of drug-likeness (QED) is 0.818. The molecule has 100 valence electrons. The largest absolute Gasteiger partial charge is 0.324 e. The Morgan fingerprint density at radius 1 is 1.06 bits per heavy atom. The standard InChI is InChI=1S/C17H27N/c1-6-15(18)12-7-8-13-14(11-12)17(4,5)10-9-16(13,2)3/h7-8,11,15H,6,9-10,18H2,1-5H3. The molecule has 0 saturated carbocycles. The van der Waals surface area contributed by atoms with Crippen molar-refractivity contribution in [3.63, 3.8) is 0 Å². The van der Waals surface area contributed by atoms with Gasteiger partial charge < -0.3 is 5.73 Å². The highest BCUT2D eigenvalue weighted by atomic mass is 14.6. The second kappa shape index (κ2) is 4.38. The SMILES string of the molecule is CCC(N)c1ccc2c(c1)C(C)(C)CCC2(C)C. The molecule has 0 aliphatic heterocycles. The molecule has 2 N–H and O–H groups in total. The molecule has 0 aromatic heterocycles. The molecule has 1 aromatic carbocycles. The summed E-state index contributed by atoms with van der Waals surface area (Å²) in [5, 5.41) is 0. The van der Waals surface area contributed by atoms with Crippen molar-refractivity contribution in [1.29, 1.82) is 0 Å². The van der Waals surface area contributed by atoms with E-state index < -0.39 is 0 Å². The molecule has 1 aliphatic carbocycles. The second-order valence-corrected chi connectivity index (χ2v) is 7.09. The maximum atomic E-state index is 6.18. The number of fused-ring (bicyclic) bond motifs is 1. The van der Waals surface area contributed by atoms with Crippen molar-refractivity contribution in [3.8, 4) is 0 Å². The average Bonchev–Trinajstić information content (AvgIpc) is 2.34. The third kappa shape index (κ3) is 2.21. The maximum Gasteiger partial charge on any atom is 0.0292 e. The van der Waals surface area contributed by atoms with Crippen LogP contribution in [0.15, 0.2) is 18.2 Å². The maximum absolute atomic E-state index is 6.18. The number of nitrogens with two attached hydrogens (primary N) is 1. The van der Waals surface area contributed by atoms with Crippen molar-refractivity contribution < 1.29 is 0 Å². The zero-order chi connectivity index (χ0) is 13.6. The van der Waals surface area contributed by atoms with E-state index >= 15 is 0 Å². The molecule has 0 heterocycles. The zero-order valence-electron chi connectivity index (χ0n) is 12.5. The van der Waals surface area contributed by atoms with Crippen LogP contribution in [0.25, 0.3) is 0 Å². The van der Waals surface area contributed by atoms with Gasteiger partial charge in [0.25, 0.3) is 0 Å². The van der Waals surface area contributed by atoms with Gasteiger partial charge >= 0.3 is 0 Å². The number of hydrogen-bond acceptors (Lipinski definition) is 1. The first-order valence-electron chi connectivity index (χ1n) is 7.18. The van der Waals surface area contributed by atoms with Gasteiger partial charge in [-0.25, -0.2) is 0 Å². The molecule has 1 atom stereocenters. The minimum Gasteiger partial charge on any atom is -0.324 e. The van der Waals surface area contributed by atoms with Gasteiger partial charge in [0.05, 0.1) is 0 Å². The molecule has 1 unspecified atom stereocenters. The summed E-state index contributed by atoms with van der Waals surface area (Å²) >= 11 is 0. The number of rotatable bonds is 2. The van der Waals surface area contributed by atoms with E-state index in [2.05, 4.69) is 52.8 Å². The summed E-state index contributed by atoms with van der Waals surface area (Å²) in [4.78, 5) is 0. The van der Waals surface area contributed by atoms with Crippen LogP contribution in [0.4, 0.5) is 0 Å². The fourth-order valence-corrected chi connectivity index (χ4v) is 3.07. The topological polar surface area (TPSA) is 26.0 Å². The smallest absolute Gasteiger partial charge is 0.0292 e. The van der Waals surface area contributed by atoms with Crippen molar-refractivity contribution in [2.75, 3.05) is 0 Å². The molecule has 1 aromatic rings. The fourth-order valence-electron chi connectivity index (χ4n) is 3.07. The van der Waals surface area contributed by atoms with E-state index in [4.69, 9.17) is 5.73 Å². The van der Waals surface area contributed by atoms with Crippen LogP contribution in [-0.4, -0.2) is 0 Å². The molecule has 0 bridgehead atoms. The predicted molar refractivity (Wildman–Crippen MR) is 78.9 cm³/mol. The van der Waals surface area contributed by atoms with Gasteiger partial charge in [0.15, 0.2) is 0 Å². The minimum absolute atomic E-state index is 0.177. The highest BCUT2D eigenvalue weighted by Crippen LogP contribution is 2.46. The van der Waals surface area contributed by atoms with Gasteiger partial charge in [-0.2, -0.15) is 0 Å². The normalized spacial score (nSPS) is 22.3. The van der Waals surface area contributed by atoms with Crippen LogP contribution in [0, 0.1) is 0 Å². The second-order valence-electron chi connectivity index (χ2n) is 7.09. The van der Waals surface area contributed by atoms with Crippen molar-refractivity contribution in [2.45, 2.75) is 70.8 Å². The lowest BCUT2D eigenvalue weighted by molar-refractivity contribution is 0.331. The van der Waals surface area contributed by atoms with Crippen LogP contribution in [0.5, 0.6) is 0 Å². The molecular weight excluding hydrogens is 218 g/mol. The number of benzene rings is 1. The fraction of sp³-hybridized carbons (Fsp3) is 0.647. The van der Waals surface area contributed by atoms with E-state index in [9.17, 15) is 0 Å². The van der Waals surface area contributed by atoms with Crippen LogP contribution in [0.3, 0.4) is 0 Å². The van der Waals surface area contributed by atoms with Crippen LogP contribution >= 0.6 is 0 Å². The van der Waals surface area contributed by atoms with Crippen LogP contribution in [-0.2, 0) is 10.8 Å². The Bertz CT molecular complexity index is 443. The van der Waals surface area contributed by atoms with E-state index in [1.165, 1.54) is 29.5 Å². The first-order chi connectivity index (χ1) is 8.28. The van der Waals surface area contributed by atoms with Gasteiger partial charge in [0, 0.05) is 6.04 Å². The monoisotopic (exact) mass is 245 g/mol. The Morgan fingerprint density at radius 2 is 1.61 bits per heavy atom. The molecule has 0 spiro atoms. The van der Waals surface area contributed by atoms with Crippen LogP contribution < -0.4 is 5.73 Å². The van der Waals surface area contributed by atoms with Gasteiger partial charge in [-0.05, 0) is 46.8 Å². The van der Waals surface area contributed by atoms with E-state index in [0.29, 0.717) is 5.41 Å². The summed E-state index contributed by atoms with van der Waals surface area (Å²) in [5.74, 6) is 0. The third-order valence-corrected chi connectivity index (χ3v) is 4.74. The Kier molecular flexibility index (Phi) is 3.31. The summed E-state index contributed by atoms with van der Waals surface area (Å²) in [6, 6.07) is 7.10. The van der Waals surface area contributed by atoms with E-state index in [1.807, 2.05) is 0 Å². The Hall–Kier alpha value is -0.820. The summed E-state index contributed by atoms with van der Waals surface area (Å²) in [7, 11) is 0. The molecule has 2 rings (SSSR count). The molecular formula is C17H27N. The minimum atomic E-state index is 0.177. The van der Waals surface area contributed by atoms with Crippen molar-refractivity contribution in [3.05, 3.63) is 34.9 Å². The number of hydrogen-bond donors (Lipinski definition) is 1. The van der Waals surface area contributed by atoms with Gasteiger partial charge in [-0.3, -0.25) is 0 Å². The molecule has 0 saturated heterocycles. The Morgan fingerprint density at radius 3 is 2.17 bits per heavy atom. The van der Waals surface area contributed by atoms with Crippen LogP contribution in [0.2, 0.25) is 0 Å². The average molecular weight is 245 g/mol. The predicted octanol–water partition coefficient (Wildman–Crippen LogP) is 4.45. The highest BCUT2D eigenvalue weighted by Gasteiger charge is 2.37. The van der Waals surface area contributed by atoms with E-state index in [1.54, 1.807) is 0 Å². The van der Waals surface area contributed by atoms with Crippen molar-refractivity contribution in [2.24, 2.45) is 5.73 Å². The van der Waals surface area contributed by atoms with Gasteiger partial charge in [-0.1, -0.05) is 52.8 Å². The van der Waals surface area contributed by atoms with Crippen LogP contribution in [0.1, 0.15) is 76.6 Å². The Labute approximate surface area is 112 Å². The first-order valence-corrected chi connectivity index (χ1v) is 7.18. The Balaban J connectivity index is 2.55. The molecule has 1 nitrogen and oxygen atoms in total. The van der Waals surface area contributed by atoms with Crippen molar-refractivity contribution in [1.82, 2.24) is 0 Å². The van der Waals surface area contributed by atoms with Crippen molar-refractivity contribution >= 4 is 0 Å². The van der Waals surface area contributed by atoms with Gasteiger partial charge in [0.2, 0.25) is 0 Å². The zero-order valence-corrected chi connectivity index (χ0v) is 12.5. The summed E-state index contributed by atoms with van der Waals surface area (Å²) in [5.41, 5.74) is 11.1. The lowest BCUT2D eigenvalue weighted by Gasteiger charge is -2.42. The highest BCUT2D eigenvalue weighted by molar-refractivity contribution is 5.44. The van der Waals surface area contributed by atoms with E-state index in [0.717, 1.165) is 6.42 Å². The molecule has 0 radical (unpaired) electrons. The molecule has 0 fully saturated rings. The summed E-state index contributed by atoms with van der Waals surface area (Å²) < 4.78 is 0.